The van der Waals surface area contributed by atoms with Crippen molar-refractivity contribution < 1.29 is 5.11 Å². The maximum Gasteiger partial charge on any atom is 0.115 e. The molecule has 1 unspecified atom stereocenters. The molecule has 0 saturated carbocycles. The molecule has 1 aliphatic heterocycles. The zero-order valence-electron chi connectivity index (χ0n) is 10.6. The number of aliphatic hydroxyl groups is 1. The number of hydrogen-bond acceptors (Lipinski definition) is 4. The molecule has 0 radical (unpaired) electrons. The minimum Gasteiger partial charge on any atom is -0.385 e. The highest BCUT2D eigenvalue weighted by atomic mass is 16.3. The standard InChI is InChI=1S/C13H21N3O/c1-11(2)16-6-3-4-13(17,5-7-16)12-8-14-10-15-9-12/h8-11,17H,3-7H2,1-2H3. The minimum absolute atomic E-state index is 0.546. The summed E-state index contributed by atoms with van der Waals surface area (Å²) in [5, 5.41) is 10.7. The van der Waals surface area contributed by atoms with E-state index in [1.807, 2.05) is 0 Å². The van der Waals surface area contributed by atoms with Gasteiger partial charge in [0.05, 0.1) is 5.60 Å². The SMILES string of the molecule is CC(C)N1CCCC(O)(c2cncnc2)CC1. The molecule has 0 bridgehead atoms. The van der Waals surface area contributed by atoms with Crippen molar-refractivity contribution in [2.24, 2.45) is 0 Å². The summed E-state index contributed by atoms with van der Waals surface area (Å²) in [5.41, 5.74) is 0.107. The van der Waals surface area contributed by atoms with Gasteiger partial charge < -0.3 is 10.0 Å². The Bertz CT molecular complexity index is 355. The van der Waals surface area contributed by atoms with Crippen molar-refractivity contribution in [1.29, 1.82) is 0 Å². The normalized spacial score (nSPS) is 27.1. The van der Waals surface area contributed by atoms with Gasteiger partial charge in [-0.3, -0.25) is 0 Å². The van der Waals surface area contributed by atoms with Gasteiger partial charge >= 0.3 is 0 Å². The lowest BCUT2D eigenvalue weighted by Crippen LogP contribution is -2.33. The van der Waals surface area contributed by atoms with Crippen molar-refractivity contribution in [3.63, 3.8) is 0 Å². The van der Waals surface area contributed by atoms with E-state index in [0.717, 1.165) is 37.9 Å². The summed E-state index contributed by atoms with van der Waals surface area (Å²) in [4.78, 5) is 10.4. The van der Waals surface area contributed by atoms with E-state index < -0.39 is 5.60 Å². The van der Waals surface area contributed by atoms with Crippen molar-refractivity contribution in [2.75, 3.05) is 13.1 Å². The first-order valence-electron chi connectivity index (χ1n) is 6.34. The van der Waals surface area contributed by atoms with Crippen molar-refractivity contribution in [2.45, 2.75) is 44.8 Å². The number of likely N-dealkylation sites (tertiary alicyclic amines) is 1. The maximum absolute atomic E-state index is 10.7. The van der Waals surface area contributed by atoms with Crippen LogP contribution in [0.4, 0.5) is 0 Å². The van der Waals surface area contributed by atoms with Crippen LogP contribution in [0.25, 0.3) is 0 Å². The zero-order chi connectivity index (χ0) is 12.3. The fourth-order valence-electron chi connectivity index (χ4n) is 2.48. The molecule has 94 valence electrons. The Kier molecular flexibility index (Phi) is 3.74. The van der Waals surface area contributed by atoms with E-state index in [9.17, 15) is 5.11 Å². The zero-order valence-corrected chi connectivity index (χ0v) is 10.6. The summed E-state index contributed by atoms with van der Waals surface area (Å²) < 4.78 is 0. The molecule has 0 aromatic carbocycles. The second-order valence-electron chi connectivity index (χ2n) is 5.14. The van der Waals surface area contributed by atoms with Crippen LogP contribution in [0.3, 0.4) is 0 Å². The molecule has 0 spiro atoms. The average molecular weight is 235 g/mol. The van der Waals surface area contributed by atoms with Crippen LogP contribution < -0.4 is 0 Å². The van der Waals surface area contributed by atoms with Crippen LogP contribution in [0.15, 0.2) is 18.7 Å². The van der Waals surface area contributed by atoms with E-state index in [2.05, 4.69) is 28.7 Å². The Morgan fingerprint density at radius 3 is 2.59 bits per heavy atom. The average Bonchev–Trinajstić information content (AvgIpc) is 2.54. The van der Waals surface area contributed by atoms with E-state index >= 15 is 0 Å². The second-order valence-corrected chi connectivity index (χ2v) is 5.14. The van der Waals surface area contributed by atoms with E-state index in [1.165, 1.54) is 6.33 Å². The van der Waals surface area contributed by atoms with E-state index in [-0.39, 0.29) is 0 Å². The van der Waals surface area contributed by atoms with Crippen molar-refractivity contribution in [3.05, 3.63) is 24.3 Å². The summed E-state index contributed by atoms with van der Waals surface area (Å²) in [5.74, 6) is 0. The topological polar surface area (TPSA) is 49.2 Å². The lowest BCUT2D eigenvalue weighted by atomic mass is 9.89. The van der Waals surface area contributed by atoms with Crippen molar-refractivity contribution >= 4 is 0 Å². The van der Waals surface area contributed by atoms with Crippen LogP contribution in [0, 0.1) is 0 Å². The Balaban J connectivity index is 2.12. The van der Waals surface area contributed by atoms with E-state index in [4.69, 9.17) is 0 Å². The van der Waals surface area contributed by atoms with Crippen LogP contribution in [0.2, 0.25) is 0 Å². The van der Waals surface area contributed by atoms with Gasteiger partial charge in [-0.25, -0.2) is 9.97 Å². The van der Waals surface area contributed by atoms with Crippen molar-refractivity contribution in [3.8, 4) is 0 Å². The first-order valence-corrected chi connectivity index (χ1v) is 6.34. The molecule has 1 N–H and O–H groups in total. The molecule has 2 rings (SSSR count). The highest BCUT2D eigenvalue weighted by molar-refractivity contribution is 5.14. The van der Waals surface area contributed by atoms with E-state index in [1.54, 1.807) is 12.4 Å². The third-order valence-electron chi connectivity index (χ3n) is 3.68. The van der Waals surface area contributed by atoms with Gasteiger partial charge in [0.2, 0.25) is 0 Å². The molecule has 1 aromatic heterocycles. The van der Waals surface area contributed by atoms with Gasteiger partial charge in [-0.1, -0.05) is 0 Å². The lowest BCUT2D eigenvalue weighted by Gasteiger charge is -2.27. The fraction of sp³-hybridized carbons (Fsp3) is 0.692. The van der Waals surface area contributed by atoms with Gasteiger partial charge in [0.15, 0.2) is 0 Å². The Labute approximate surface area is 103 Å². The fourth-order valence-corrected chi connectivity index (χ4v) is 2.48. The number of hydrogen-bond donors (Lipinski definition) is 1. The van der Waals surface area contributed by atoms with Crippen LogP contribution in [0.5, 0.6) is 0 Å². The van der Waals surface area contributed by atoms with Gasteiger partial charge in [0, 0.05) is 30.5 Å². The molecule has 0 aliphatic carbocycles. The Morgan fingerprint density at radius 1 is 1.24 bits per heavy atom. The molecule has 1 aliphatic rings. The summed E-state index contributed by atoms with van der Waals surface area (Å²) >= 11 is 0. The molecule has 1 aromatic rings. The third kappa shape index (κ3) is 2.82. The van der Waals surface area contributed by atoms with Gasteiger partial charge in [0.1, 0.15) is 6.33 Å². The number of nitrogens with zero attached hydrogens (tertiary/aromatic N) is 3. The molecular formula is C13H21N3O. The van der Waals surface area contributed by atoms with Gasteiger partial charge in [-0.05, 0) is 39.7 Å². The predicted molar refractivity (Wildman–Crippen MR) is 66.5 cm³/mol. The van der Waals surface area contributed by atoms with E-state index in [0.29, 0.717) is 6.04 Å². The van der Waals surface area contributed by atoms with Gasteiger partial charge in [0.25, 0.3) is 0 Å². The molecule has 4 nitrogen and oxygen atoms in total. The molecule has 1 saturated heterocycles. The first kappa shape index (κ1) is 12.5. The highest BCUT2D eigenvalue weighted by Gasteiger charge is 2.32. The molecule has 1 atom stereocenters. The summed E-state index contributed by atoms with van der Waals surface area (Å²) in [6, 6.07) is 0.546. The van der Waals surface area contributed by atoms with Crippen LogP contribution in [-0.4, -0.2) is 39.1 Å². The number of aromatic nitrogens is 2. The monoisotopic (exact) mass is 235 g/mol. The Morgan fingerprint density at radius 2 is 1.94 bits per heavy atom. The third-order valence-corrected chi connectivity index (χ3v) is 3.68. The summed E-state index contributed by atoms with van der Waals surface area (Å²) in [6.45, 7) is 6.41. The second kappa shape index (κ2) is 5.10. The summed E-state index contributed by atoms with van der Waals surface area (Å²) in [6.07, 6.45) is 7.55. The Hall–Kier alpha value is -1.00. The predicted octanol–water partition coefficient (Wildman–Crippen LogP) is 1.56. The molecule has 17 heavy (non-hydrogen) atoms. The largest absolute Gasteiger partial charge is 0.385 e. The van der Waals surface area contributed by atoms with Crippen LogP contribution >= 0.6 is 0 Å². The van der Waals surface area contributed by atoms with Crippen molar-refractivity contribution in [1.82, 2.24) is 14.9 Å². The van der Waals surface area contributed by atoms with Crippen LogP contribution in [0.1, 0.15) is 38.7 Å². The molecule has 1 fully saturated rings. The molecule has 0 amide bonds. The van der Waals surface area contributed by atoms with Gasteiger partial charge in [-0.2, -0.15) is 0 Å². The minimum atomic E-state index is -0.745. The molecular weight excluding hydrogens is 214 g/mol. The quantitative estimate of drug-likeness (QED) is 0.845. The lowest BCUT2D eigenvalue weighted by molar-refractivity contribution is 0.0197. The molecule has 2 heterocycles. The highest BCUT2D eigenvalue weighted by Crippen LogP contribution is 2.32. The maximum atomic E-state index is 10.7. The number of rotatable bonds is 2. The van der Waals surface area contributed by atoms with Crippen LogP contribution in [-0.2, 0) is 5.60 Å². The first-order chi connectivity index (χ1) is 8.12. The molecule has 4 heteroatoms. The summed E-state index contributed by atoms with van der Waals surface area (Å²) in [7, 11) is 0. The van der Waals surface area contributed by atoms with Gasteiger partial charge in [-0.15, -0.1) is 0 Å². The smallest absolute Gasteiger partial charge is 0.115 e.